The summed E-state index contributed by atoms with van der Waals surface area (Å²) < 4.78 is 18.4. The second-order valence-electron chi connectivity index (χ2n) is 5.90. The first-order valence-electron chi connectivity index (χ1n) is 7.44. The molecule has 0 radical (unpaired) electrons. The van der Waals surface area contributed by atoms with Crippen LogP contribution in [0.25, 0.3) is 0 Å². The third-order valence-corrected chi connectivity index (χ3v) is 4.04. The Morgan fingerprint density at radius 1 is 1.52 bits per heavy atom. The van der Waals surface area contributed by atoms with E-state index in [1.165, 1.54) is 12.1 Å². The zero-order valence-corrected chi connectivity index (χ0v) is 12.4. The van der Waals surface area contributed by atoms with Crippen molar-refractivity contribution in [3.63, 3.8) is 0 Å². The first-order chi connectivity index (χ1) is 9.99. The van der Waals surface area contributed by atoms with Gasteiger partial charge < -0.3 is 15.8 Å². The summed E-state index contributed by atoms with van der Waals surface area (Å²) in [5.41, 5.74) is 5.78. The monoisotopic (exact) mass is 294 g/mol. The minimum absolute atomic E-state index is 0.0115. The number of hydrogen-bond acceptors (Lipinski definition) is 3. The van der Waals surface area contributed by atoms with Crippen molar-refractivity contribution < 1.29 is 13.9 Å². The van der Waals surface area contributed by atoms with Crippen molar-refractivity contribution in [3.05, 3.63) is 30.1 Å². The van der Waals surface area contributed by atoms with Gasteiger partial charge in [0.2, 0.25) is 5.91 Å². The molecule has 1 amide bonds. The van der Waals surface area contributed by atoms with Crippen molar-refractivity contribution in [2.24, 2.45) is 11.7 Å². The second-order valence-corrected chi connectivity index (χ2v) is 5.90. The molecule has 0 spiro atoms. The average molecular weight is 294 g/mol. The van der Waals surface area contributed by atoms with E-state index in [1.807, 2.05) is 6.92 Å². The lowest BCUT2D eigenvalue weighted by atomic mass is 9.74. The summed E-state index contributed by atoms with van der Waals surface area (Å²) in [5.74, 6) is -0.0221. The number of carbonyl (C=O) groups excluding carboxylic acids is 1. The number of halogens is 1. The number of nitrogens with two attached hydrogens (primary N) is 1. The molecule has 0 aromatic heterocycles. The zero-order valence-electron chi connectivity index (χ0n) is 12.4. The zero-order chi connectivity index (χ0) is 15.3. The number of rotatable bonds is 5. The Hall–Kier alpha value is -1.62. The van der Waals surface area contributed by atoms with E-state index in [9.17, 15) is 9.18 Å². The van der Waals surface area contributed by atoms with Crippen molar-refractivity contribution in [3.8, 4) is 5.75 Å². The maximum Gasteiger partial charge on any atom is 0.225 e. The summed E-state index contributed by atoms with van der Waals surface area (Å²) in [6.07, 6.45) is 3.85. The first-order valence-corrected chi connectivity index (χ1v) is 7.44. The molecule has 5 heteroatoms. The molecule has 0 heterocycles. The van der Waals surface area contributed by atoms with Gasteiger partial charge in [-0.2, -0.15) is 0 Å². The first kappa shape index (κ1) is 15.8. The summed E-state index contributed by atoms with van der Waals surface area (Å²) in [4.78, 5) is 12.2. The van der Waals surface area contributed by atoms with Gasteiger partial charge in [0, 0.05) is 11.6 Å². The predicted octanol–water partition coefficient (Wildman–Crippen LogP) is 2.23. The van der Waals surface area contributed by atoms with Crippen LogP contribution in [0.3, 0.4) is 0 Å². The Morgan fingerprint density at radius 3 is 3.05 bits per heavy atom. The molecule has 1 saturated carbocycles. The van der Waals surface area contributed by atoms with Gasteiger partial charge in [-0.3, -0.25) is 4.79 Å². The molecule has 21 heavy (non-hydrogen) atoms. The van der Waals surface area contributed by atoms with Crippen molar-refractivity contribution in [1.29, 1.82) is 0 Å². The molecular formula is C16H23FN2O2. The van der Waals surface area contributed by atoms with Crippen LogP contribution in [0.5, 0.6) is 5.75 Å². The molecular weight excluding hydrogens is 271 g/mol. The van der Waals surface area contributed by atoms with Gasteiger partial charge in [-0.15, -0.1) is 0 Å². The fourth-order valence-corrected chi connectivity index (χ4v) is 2.81. The number of ether oxygens (including phenoxy) is 1. The van der Waals surface area contributed by atoms with Crippen LogP contribution < -0.4 is 15.8 Å². The van der Waals surface area contributed by atoms with Crippen LogP contribution >= 0.6 is 0 Å². The summed E-state index contributed by atoms with van der Waals surface area (Å²) in [6, 6.07) is 5.95. The van der Waals surface area contributed by atoms with Gasteiger partial charge in [-0.05, 0) is 31.9 Å². The normalized spacial score (nSPS) is 25.4. The van der Waals surface area contributed by atoms with E-state index in [2.05, 4.69) is 5.32 Å². The third kappa shape index (κ3) is 4.43. The van der Waals surface area contributed by atoms with Gasteiger partial charge in [0.15, 0.2) is 0 Å². The molecule has 116 valence electrons. The highest BCUT2D eigenvalue weighted by Crippen LogP contribution is 2.31. The Morgan fingerprint density at radius 2 is 2.33 bits per heavy atom. The van der Waals surface area contributed by atoms with E-state index >= 15 is 0 Å². The number of nitrogens with one attached hydrogen (secondary N) is 1. The fourth-order valence-electron chi connectivity index (χ4n) is 2.81. The third-order valence-electron chi connectivity index (χ3n) is 4.04. The lowest BCUT2D eigenvalue weighted by Crippen LogP contribution is -2.53. The van der Waals surface area contributed by atoms with Gasteiger partial charge in [-0.1, -0.05) is 18.9 Å². The van der Waals surface area contributed by atoms with Crippen LogP contribution in [-0.2, 0) is 4.79 Å². The van der Waals surface area contributed by atoms with E-state index in [-0.39, 0.29) is 17.6 Å². The standard InChI is InChI=1S/C16H23FN2O2/c1-16(18)8-3-2-7-14(16)15(20)19-9-10-21-13-6-4-5-12(17)11-13/h4-6,11,14H,2-3,7-10,18H2,1H3,(H,19,20). The Balaban J connectivity index is 1.74. The number of amides is 1. The molecule has 3 N–H and O–H groups in total. The van der Waals surface area contributed by atoms with Gasteiger partial charge in [-0.25, -0.2) is 4.39 Å². The molecule has 0 bridgehead atoms. The van der Waals surface area contributed by atoms with E-state index in [1.54, 1.807) is 12.1 Å². The average Bonchev–Trinajstić information content (AvgIpc) is 2.43. The molecule has 0 aliphatic heterocycles. The lowest BCUT2D eigenvalue weighted by molar-refractivity contribution is -0.128. The van der Waals surface area contributed by atoms with Gasteiger partial charge in [0.05, 0.1) is 12.5 Å². The van der Waals surface area contributed by atoms with Gasteiger partial charge in [0.1, 0.15) is 18.2 Å². The Labute approximate surface area is 124 Å². The van der Waals surface area contributed by atoms with Crippen LogP contribution in [0.15, 0.2) is 24.3 Å². The van der Waals surface area contributed by atoms with Crippen LogP contribution in [0, 0.1) is 11.7 Å². The minimum Gasteiger partial charge on any atom is -0.492 e. The van der Waals surface area contributed by atoms with Crippen molar-refractivity contribution >= 4 is 5.91 Å². The fraction of sp³-hybridized carbons (Fsp3) is 0.562. The number of carbonyl (C=O) groups is 1. The van der Waals surface area contributed by atoms with Gasteiger partial charge in [0.25, 0.3) is 0 Å². The molecule has 2 atom stereocenters. The molecule has 0 saturated heterocycles. The quantitative estimate of drug-likeness (QED) is 0.819. The van der Waals surface area contributed by atoms with Crippen molar-refractivity contribution in [2.75, 3.05) is 13.2 Å². The molecule has 2 rings (SSSR count). The van der Waals surface area contributed by atoms with Crippen LogP contribution in [0.4, 0.5) is 4.39 Å². The highest BCUT2D eigenvalue weighted by Gasteiger charge is 2.37. The SMILES string of the molecule is CC1(N)CCCCC1C(=O)NCCOc1cccc(F)c1. The summed E-state index contributed by atoms with van der Waals surface area (Å²) in [5, 5.41) is 2.86. The summed E-state index contributed by atoms with van der Waals surface area (Å²) in [7, 11) is 0. The van der Waals surface area contributed by atoms with Gasteiger partial charge >= 0.3 is 0 Å². The highest BCUT2D eigenvalue weighted by molar-refractivity contribution is 5.80. The van der Waals surface area contributed by atoms with E-state index in [0.717, 1.165) is 25.7 Å². The molecule has 1 aromatic carbocycles. The molecule has 1 aliphatic rings. The second kappa shape index (κ2) is 6.89. The van der Waals surface area contributed by atoms with E-state index < -0.39 is 5.54 Å². The Bertz CT molecular complexity index is 491. The van der Waals surface area contributed by atoms with Crippen molar-refractivity contribution in [2.45, 2.75) is 38.1 Å². The van der Waals surface area contributed by atoms with Crippen LogP contribution in [0.1, 0.15) is 32.6 Å². The predicted molar refractivity (Wildman–Crippen MR) is 79.5 cm³/mol. The van der Waals surface area contributed by atoms with E-state index in [4.69, 9.17) is 10.5 Å². The summed E-state index contributed by atoms with van der Waals surface area (Å²) in [6.45, 7) is 2.64. The molecule has 4 nitrogen and oxygen atoms in total. The molecule has 1 aliphatic carbocycles. The topological polar surface area (TPSA) is 64.4 Å². The molecule has 1 aromatic rings. The minimum atomic E-state index is -0.425. The largest absolute Gasteiger partial charge is 0.492 e. The van der Waals surface area contributed by atoms with Crippen LogP contribution in [0.2, 0.25) is 0 Å². The summed E-state index contributed by atoms with van der Waals surface area (Å²) >= 11 is 0. The smallest absolute Gasteiger partial charge is 0.225 e. The molecule has 1 fully saturated rings. The number of hydrogen-bond donors (Lipinski definition) is 2. The Kier molecular flexibility index (Phi) is 5.17. The number of benzene rings is 1. The highest BCUT2D eigenvalue weighted by atomic mass is 19.1. The maximum atomic E-state index is 13.0. The molecule has 2 unspecified atom stereocenters. The van der Waals surface area contributed by atoms with E-state index in [0.29, 0.717) is 18.9 Å². The van der Waals surface area contributed by atoms with Crippen LogP contribution in [-0.4, -0.2) is 24.6 Å². The maximum absolute atomic E-state index is 13.0. The lowest BCUT2D eigenvalue weighted by Gasteiger charge is -2.37. The van der Waals surface area contributed by atoms with Crippen molar-refractivity contribution in [1.82, 2.24) is 5.32 Å².